The lowest BCUT2D eigenvalue weighted by molar-refractivity contribution is 0.354. The Morgan fingerprint density at radius 2 is 1.46 bits per heavy atom. The van der Waals surface area contributed by atoms with Crippen LogP contribution in [0.25, 0.3) is 0 Å². The number of methoxy groups -OCH3 is 4. The highest BCUT2D eigenvalue weighted by molar-refractivity contribution is 5.65. The second-order valence-electron chi connectivity index (χ2n) is 6.34. The third-order valence-corrected chi connectivity index (χ3v) is 4.65. The summed E-state index contributed by atoms with van der Waals surface area (Å²) < 4.78 is 21.6. The molecule has 0 saturated heterocycles. The maximum Gasteiger partial charge on any atom is 0.162 e. The molecule has 2 atom stereocenters. The Kier molecular flexibility index (Phi) is 5.30. The van der Waals surface area contributed by atoms with Crippen molar-refractivity contribution >= 4 is 11.4 Å². The summed E-state index contributed by atoms with van der Waals surface area (Å²) in [7, 11) is 6.58. The molecule has 3 rings (SSSR count). The van der Waals surface area contributed by atoms with E-state index in [0.29, 0.717) is 17.5 Å². The number of rotatable bonds is 6. The van der Waals surface area contributed by atoms with E-state index in [9.17, 15) is 0 Å². The van der Waals surface area contributed by atoms with E-state index in [0.717, 1.165) is 34.9 Å². The van der Waals surface area contributed by atoms with Gasteiger partial charge in [0.15, 0.2) is 23.0 Å². The number of benzene rings is 2. The molecule has 0 unspecified atom stereocenters. The van der Waals surface area contributed by atoms with Gasteiger partial charge in [0.25, 0.3) is 0 Å². The third kappa shape index (κ3) is 3.45. The van der Waals surface area contributed by atoms with Gasteiger partial charge >= 0.3 is 0 Å². The van der Waals surface area contributed by atoms with Crippen molar-refractivity contribution in [2.75, 3.05) is 39.1 Å². The topological polar surface area (TPSA) is 61.0 Å². The average Bonchev–Trinajstić information content (AvgIpc) is 2.66. The predicted octanol–water partition coefficient (Wildman–Crippen LogP) is 4.08. The van der Waals surface area contributed by atoms with Crippen LogP contribution in [0.4, 0.5) is 11.4 Å². The molecule has 0 aromatic heterocycles. The van der Waals surface area contributed by atoms with Crippen molar-refractivity contribution in [2.45, 2.75) is 25.4 Å². The first-order chi connectivity index (χ1) is 12.6. The van der Waals surface area contributed by atoms with Gasteiger partial charge in [0.1, 0.15) is 0 Å². The van der Waals surface area contributed by atoms with E-state index in [2.05, 4.69) is 17.6 Å². The molecule has 6 heteroatoms. The van der Waals surface area contributed by atoms with Gasteiger partial charge in [-0.25, -0.2) is 0 Å². The zero-order valence-electron chi connectivity index (χ0n) is 15.9. The van der Waals surface area contributed by atoms with Gasteiger partial charge in [-0.05, 0) is 31.5 Å². The molecule has 0 spiro atoms. The summed E-state index contributed by atoms with van der Waals surface area (Å²) in [6.07, 6.45) is 0.941. The van der Waals surface area contributed by atoms with Crippen LogP contribution in [0.5, 0.6) is 23.0 Å². The minimum Gasteiger partial charge on any atom is -0.493 e. The van der Waals surface area contributed by atoms with E-state index >= 15 is 0 Å². The second kappa shape index (κ2) is 7.64. The minimum atomic E-state index is 0.138. The molecule has 2 aromatic rings. The average molecular weight is 358 g/mol. The minimum absolute atomic E-state index is 0.138. The van der Waals surface area contributed by atoms with Crippen molar-refractivity contribution in [3.05, 3.63) is 35.9 Å². The molecular formula is C20H26N2O4. The van der Waals surface area contributed by atoms with Gasteiger partial charge in [-0.1, -0.05) is 0 Å². The predicted molar refractivity (Wildman–Crippen MR) is 103 cm³/mol. The lowest BCUT2D eigenvalue weighted by Gasteiger charge is -2.33. The fourth-order valence-corrected chi connectivity index (χ4v) is 3.38. The van der Waals surface area contributed by atoms with Crippen molar-refractivity contribution in [1.29, 1.82) is 0 Å². The first-order valence-electron chi connectivity index (χ1n) is 8.60. The molecule has 140 valence electrons. The van der Waals surface area contributed by atoms with E-state index in [1.54, 1.807) is 28.4 Å². The van der Waals surface area contributed by atoms with Gasteiger partial charge in [-0.15, -0.1) is 0 Å². The maximum atomic E-state index is 5.48. The molecular weight excluding hydrogens is 332 g/mol. The highest BCUT2D eigenvalue weighted by Gasteiger charge is 2.26. The molecule has 1 heterocycles. The fourth-order valence-electron chi connectivity index (χ4n) is 3.38. The van der Waals surface area contributed by atoms with Crippen LogP contribution in [-0.4, -0.2) is 34.5 Å². The number of fused-ring (bicyclic) bond motifs is 1. The largest absolute Gasteiger partial charge is 0.493 e. The van der Waals surface area contributed by atoms with Crippen LogP contribution in [0.1, 0.15) is 24.9 Å². The van der Waals surface area contributed by atoms with E-state index in [4.69, 9.17) is 18.9 Å². The van der Waals surface area contributed by atoms with Crippen molar-refractivity contribution in [3.63, 3.8) is 0 Å². The highest BCUT2D eigenvalue weighted by Crippen LogP contribution is 2.42. The SMILES string of the molecule is COc1ccc(N[C@H]2C[C@H](C)Nc3cc(OC)c(OC)cc32)cc1OC. The molecule has 0 bridgehead atoms. The van der Waals surface area contributed by atoms with E-state index in [-0.39, 0.29) is 6.04 Å². The van der Waals surface area contributed by atoms with E-state index in [1.807, 2.05) is 30.3 Å². The number of hydrogen-bond donors (Lipinski definition) is 2. The zero-order valence-corrected chi connectivity index (χ0v) is 15.9. The third-order valence-electron chi connectivity index (χ3n) is 4.65. The summed E-state index contributed by atoms with van der Waals surface area (Å²) in [5.74, 6) is 2.86. The lowest BCUT2D eigenvalue weighted by Crippen LogP contribution is -2.29. The fraction of sp³-hybridized carbons (Fsp3) is 0.400. The summed E-state index contributed by atoms with van der Waals surface area (Å²) >= 11 is 0. The molecule has 26 heavy (non-hydrogen) atoms. The van der Waals surface area contributed by atoms with Crippen molar-refractivity contribution < 1.29 is 18.9 Å². The lowest BCUT2D eigenvalue weighted by atomic mass is 9.92. The van der Waals surface area contributed by atoms with Crippen LogP contribution in [-0.2, 0) is 0 Å². The normalized spacial score (nSPS) is 18.3. The molecule has 2 N–H and O–H groups in total. The summed E-state index contributed by atoms with van der Waals surface area (Å²) in [5, 5.41) is 7.13. The summed E-state index contributed by atoms with van der Waals surface area (Å²) in [6.45, 7) is 2.17. The van der Waals surface area contributed by atoms with Crippen molar-refractivity contribution in [1.82, 2.24) is 0 Å². The molecule has 1 aliphatic heterocycles. The van der Waals surface area contributed by atoms with Crippen LogP contribution in [0.3, 0.4) is 0 Å². The molecule has 0 radical (unpaired) electrons. The summed E-state index contributed by atoms with van der Waals surface area (Å²) in [4.78, 5) is 0. The number of nitrogens with one attached hydrogen (secondary N) is 2. The molecule has 1 aliphatic rings. The van der Waals surface area contributed by atoms with E-state index in [1.165, 1.54) is 0 Å². The van der Waals surface area contributed by atoms with Crippen molar-refractivity contribution in [2.24, 2.45) is 0 Å². The first-order valence-corrected chi connectivity index (χ1v) is 8.60. The molecule has 0 amide bonds. The Labute approximate surface area is 154 Å². The van der Waals surface area contributed by atoms with Crippen LogP contribution in [0, 0.1) is 0 Å². The molecule has 0 saturated carbocycles. The van der Waals surface area contributed by atoms with Crippen LogP contribution >= 0.6 is 0 Å². The van der Waals surface area contributed by atoms with Gasteiger partial charge in [-0.2, -0.15) is 0 Å². The van der Waals surface area contributed by atoms with Crippen LogP contribution < -0.4 is 29.6 Å². The highest BCUT2D eigenvalue weighted by atomic mass is 16.5. The maximum absolute atomic E-state index is 5.48. The number of anilines is 2. The smallest absolute Gasteiger partial charge is 0.162 e. The standard InChI is InChI=1S/C20H26N2O4/c1-12-8-15(22-13-6-7-17(23-2)18(9-13)24-3)14-10-19(25-4)20(26-5)11-16(14)21-12/h6-7,9-12,15,21-22H,8H2,1-5H3/t12-,15-/m0/s1. The van der Waals surface area contributed by atoms with Crippen molar-refractivity contribution in [3.8, 4) is 23.0 Å². The second-order valence-corrected chi connectivity index (χ2v) is 6.34. The first kappa shape index (κ1) is 18.0. The number of ether oxygens (including phenoxy) is 4. The Morgan fingerprint density at radius 3 is 2.12 bits per heavy atom. The van der Waals surface area contributed by atoms with Gasteiger partial charge in [0.2, 0.25) is 0 Å². The molecule has 0 fully saturated rings. The zero-order chi connectivity index (χ0) is 18.7. The Balaban J connectivity index is 1.94. The Morgan fingerprint density at radius 1 is 0.846 bits per heavy atom. The Hall–Kier alpha value is -2.76. The van der Waals surface area contributed by atoms with Crippen LogP contribution in [0.2, 0.25) is 0 Å². The quantitative estimate of drug-likeness (QED) is 0.811. The molecule has 2 aromatic carbocycles. The summed E-state index contributed by atoms with van der Waals surface area (Å²) in [5.41, 5.74) is 3.18. The molecule has 0 aliphatic carbocycles. The van der Waals surface area contributed by atoms with Gasteiger partial charge in [-0.3, -0.25) is 0 Å². The van der Waals surface area contributed by atoms with Gasteiger partial charge in [0.05, 0.1) is 34.5 Å². The van der Waals surface area contributed by atoms with Gasteiger partial charge in [0, 0.05) is 35.1 Å². The van der Waals surface area contributed by atoms with Gasteiger partial charge < -0.3 is 29.6 Å². The van der Waals surface area contributed by atoms with Crippen LogP contribution in [0.15, 0.2) is 30.3 Å². The number of hydrogen-bond acceptors (Lipinski definition) is 6. The summed E-state index contributed by atoms with van der Waals surface area (Å²) in [6, 6.07) is 10.3. The Bertz CT molecular complexity index is 779. The monoisotopic (exact) mass is 358 g/mol. The molecule has 6 nitrogen and oxygen atoms in total. The van der Waals surface area contributed by atoms with E-state index < -0.39 is 0 Å².